The Morgan fingerprint density at radius 1 is 1.00 bits per heavy atom. The number of nitrogens with zero attached hydrogens (tertiary/aromatic N) is 1. The van der Waals surface area contributed by atoms with Crippen molar-refractivity contribution in [3.63, 3.8) is 0 Å². The third kappa shape index (κ3) is 6.07. The van der Waals surface area contributed by atoms with Gasteiger partial charge in [-0.3, -0.25) is 4.79 Å². The van der Waals surface area contributed by atoms with Crippen molar-refractivity contribution in [1.82, 2.24) is 9.62 Å². The first kappa shape index (κ1) is 21.9. The fourth-order valence-electron chi connectivity index (χ4n) is 2.95. The van der Waals surface area contributed by atoms with Gasteiger partial charge in [-0.2, -0.15) is 4.31 Å². The SMILES string of the molecule is CCN(CC)S(=O)(=O)c1ccc(CCC(=O)NCCc2cccc(O)c2)cc1. The molecule has 2 rings (SSSR count). The molecule has 0 unspecified atom stereocenters. The highest BCUT2D eigenvalue weighted by molar-refractivity contribution is 7.89. The molecule has 1 amide bonds. The maximum atomic E-state index is 12.5. The number of carbonyl (C=O) groups is 1. The van der Waals surface area contributed by atoms with Crippen LogP contribution in [-0.4, -0.2) is 43.4 Å². The van der Waals surface area contributed by atoms with Gasteiger partial charge in [0, 0.05) is 26.1 Å². The van der Waals surface area contributed by atoms with E-state index in [0.717, 1.165) is 11.1 Å². The van der Waals surface area contributed by atoms with E-state index in [-0.39, 0.29) is 16.6 Å². The predicted molar refractivity (Wildman–Crippen MR) is 110 cm³/mol. The van der Waals surface area contributed by atoms with Gasteiger partial charge in [0.1, 0.15) is 5.75 Å². The van der Waals surface area contributed by atoms with E-state index in [2.05, 4.69) is 5.32 Å². The lowest BCUT2D eigenvalue weighted by Gasteiger charge is -2.18. The number of rotatable bonds is 10. The molecule has 0 radical (unpaired) electrons. The number of benzene rings is 2. The third-order valence-electron chi connectivity index (χ3n) is 4.55. The molecule has 0 fully saturated rings. The standard InChI is InChI=1S/C21H28N2O4S/c1-3-23(4-2)28(26,27)20-11-8-17(9-12-20)10-13-21(25)22-15-14-18-6-5-7-19(24)16-18/h5-9,11-12,16,24H,3-4,10,13-15H2,1-2H3,(H,22,25). The van der Waals surface area contributed by atoms with Gasteiger partial charge in [0.2, 0.25) is 15.9 Å². The second-order valence-corrected chi connectivity index (χ2v) is 8.44. The molecule has 28 heavy (non-hydrogen) atoms. The third-order valence-corrected chi connectivity index (χ3v) is 6.62. The summed E-state index contributed by atoms with van der Waals surface area (Å²) in [5.74, 6) is 0.162. The lowest BCUT2D eigenvalue weighted by molar-refractivity contribution is -0.121. The van der Waals surface area contributed by atoms with E-state index in [1.54, 1.807) is 42.5 Å². The number of phenolic OH excluding ortho intramolecular Hbond substituents is 1. The van der Waals surface area contributed by atoms with Gasteiger partial charge in [0.05, 0.1) is 4.90 Å². The van der Waals surface area contributed by atoms with Crippen molar-refractivity contribution >= 4 is 15.9 Å². The summed E-state index contributed by atoms with van der Waals surface area (Å²) < 4.78 is 26.4. The quantitative estimate of drug-likeness (QED) is 0.637. The van der Waals surface area contributed by atoms with E-state index in [1.165, 1.54) is 4.31 Å². The predicted octanol–water partition coefficient (Wildman–Crippen LogP) is 2.71. The molecule has 0 spiro atoms. The average Bonchev–Trinajstić information content (AvgIpc) is 2.67. The van der Waals surface area contributed by atoms with Crippen molar-refractivity contribution in [1.29, 1.82) is 0 Å². The maximum absolute atomic E-state index is 12.5. The van der Waals surface area contributed by atoms with Crippen LogP contribution in [0.2, 0.25) is 0 Å². The highest BCUT2D eigenvalue weighted by atomic mass is 32.2. The van der Waals surface area contributed by atoms with Gasteiger partial charge in [-0.15, -0.1) is 0 Å². The Labute approximate surface area is 167 Å². The van der Waals surface area contributed by atoms with Crippen LogP contribution in [0.3, 0.4) is 0 Å². The van der Waals surface area contributed by atoms with Crippen LogP contribution >= 0.6 is 0 Å². The number of aromatic hydroxyl groups is 1. The molecule has 2 aromatic carbocycles. The molecule has 0 bridgehead atoms. The van der Waals surface area contributed by atoms with Gasteiger partial charge in [-0.25, -0.2) is 8.42 Å². The Bertz CT molecular complexity index is 876. The van der Waals surface area contributed by atoms with Crippen LogP contribution < -0.4 is 5.32 Å². The van der Waals surface area contributed by atoms with E-state index in [0.29, 0.717) is 38.9 Å². The molecule has 0 saturated carbocycles. The van der Waals surface area contributed by atoms with Crippen LogP contribution in [0.4, 0.5) is 0 Å². The first-order valence-corrected chi connectivity index (χ1v) is 10.9. The molecule has 6 nitrogen and oxygen atoms in total. The molecule has 2 N–H and O–H groups in total. The number of carbonyl (C=O) groups excluding carboxylic acids is 1. The summed E-state index contributed by atoms with van der Waals surface area (Å²) in [7, 11) is -3.45. The van der Waals surface area contributed by atoms with Crippen molar-refractivity contribution in [2.45, 2.75) is 38.0 Å². The molecule has 0 aliphatic heterocycles. The van der Waals surface area contributed by atoms with Crippen LogP contribution in [0.1, 0.15) is 31.4 Å². The van der Waals surface area contributed by atoms with E-state index < -0.39 is 10.0 Å². The number of phenols is 1. The Morgan fingerprint density at radius 3 is 2.29 bits per heavy atom. The zero-order valence-corrected chi connectivity index (χ0v) is 17.2. The van der Waals surface area contributed by atoms with Crippen molar-refractivity contribution < 1.29 is 18.3 Å². The van der Waals surface area contributed by atoms with E-state index >= 15 is 0 Å². The molecule has 7 heteroatoms. The number of sulfonamides is 1. The Morgan fingerprint density at radius 2 is 1.68 bits per heavy atom. The number of hydrogen-bond donors (Lipinski definition) is 2. The molecule has 0 atom stereocenters. The number of amides is 1. The highest BCUT2D eigenvalue weighted by Gasteiger charge is 2.21. The topological polar surface area (TPSA) is 86.7 Å². The summed E-state index contributed by atoms with van der Waals surface area (Å²) in [6.45, 7) is 5.00. The molecular weight excluding hydrogens is 376 g/mol. The van der Waals surface area contributed by atoms with Gasteiger partial charge >= 0.3 is 0 Å². The maximum Gasteiger partial charge on any atom is 0.243 e. The second-order valence-electron chi connectivity index (χ2n) is 6.50. The average molecular weight is 405 g/mol. The number of hydrogen-bond acceptors (Lipinski definition) is 4. The molecular formula is C21H28N2O4S. The minimum atomic E-state index is -3.45. The fourth-order valence-corrected chi connectivity index (χ4v) is 4.40. The van der Waals surface area contributed by atoms with Gasteiger partial charge < -0.3 is 10.4 Å². The summed E-state index contributed by atoms with van der Waals surface area (Å²) in [4.78, 5) is 12.3. The normalized spacial score (nSPS) is 11.5. The van der Waals surface area contributed by atoms with Crippen LogP contribution in [0.5, 0.6) is 5.75 Å². The van der Waals surface area contributed by atoms with Crippen LogP contribution in [0, 0.1) is 0 Å². The minimum Gasteiger partial charge on any atom is -0.508 e. The Kier molecular flexibility index (Phi) is 8.02. The molecule has 0 aromatic heterocycles. The summed E-state index contributed by atoms with van der Waals surface area (Å²) in [6, 6.07) is 13.7. The lowest BCUT2D eigenvalue weighted by atomic mass is 10.1. The largest absolute Gasteiger partial charge is 0.508 e. The minimum absolute atomic E-state index is 0.0556. The van der Waals surface area contributed by atoms with Crippen molar-refractivity contribution in [2.75, 3.05) is 19.6 Å². The van der Waals surface area contributed by atoms with E-state index in [1.807, 2.05) is 19.9 Å². The smallest absolute Gasteiger partial charge is 0.243 e. The zero-order chi connectivity index (χ0) is 20.6. The molecule has 152 valence electrons. The first-order chi connectivity index (χ1) is 13.4. The summed E-state index contributed by atoms with van der Waals surface area (Å²) in [6.07, 6.45) is 1.53. The highest BCUT2D eigenvalue weighted by Crippen LogP contribution is 2.17. The lowest BCUT2D eigenvalue weighted by Crippen LogP contribution is -2.30. The number of nitrogens with one attached hydrogen (secondary N) is 1. The van der Waals surface area contributed by atoms with E-state index in [4.69, 9.17) is 0 Å². The molecule has 0 saturated heterocycles. The van der Waals surface area contributed by atoms with Crippen LogP contribution in [-0.2, 0) is 27.7 Å². The van der Waals surface area contributed by atoms with Gasteiger partial charge in [0.25, 0.3) is 0 Å². The molecule has 0 aliphatic rings. The second kappa shape index (κ2) is 10.2. The fraction of sp³-hybridized carbons (Fsp3) is 0.381. The van der Waals surface area contributed by atoms with Crippen LogP contribution in [0.15, 0.2) is 53.4 Å². The number of aryl methyl sites for hydroxylation is 1. The van der Waals surface area contributed by atoms with Crippen LogP contribution in [0.25, 0.3) is 0 Å². The van der Waals surface area contributed by atoms with Crippen molar-refractivity contribution in [3.05, 3.63) is 59.7 Å². The molecule has 0 heterocycles. The van der Waals surface area contributed by atoms with E-state index in [9.17, 15) is 18.3 Å². The first-order valence-electron chi connectivity index (χ1n) is 9.50. The molecule has 2 aromatic rings. The Hall–Kier alpha value is -2.38. The van der Waals surface area contributed by atoms with Crippen molar-refractivity contribution in [3.8, 4) is 5.75 Å². The Balaban J connectivity index is 1.81. The molecule has 0 aliphatic carbocycles. The zero-order valence-electron chi connectivity index (χ0n) is 16.4. The summed E-state index contributed by atoms with van der Waals surface area (Å²) in [5, 5.41) is 12.3. The monoisotopic (exact) mass is 404 g/mol. The summed E-state index contributed by atoms with van der Waals surface area (Å²) >= 11 is 0. The van der Waals surface area contributed by atoms with Crippen molar-refractivity contribution in [2.24, 2.45) is 0 Å². The van der Waals surface area contributed by atoms with Gasteiger partial charge in [-0.05, 0) is 48.2 Å². The summed E-state index contributed by atoms with van der Waals surface area (Å²) in [5.41, 5.74) is 1.88. The van der Waals surface area contributed by atoms with Gasteiger partial charge in [-0.1, -0.05) is 38.1 Å². The van der Waals surface area contributed by atoms with Gasteiger partial charge in [0.15, 0.2) is 0 Å².